The van der Waals surface area contributed by atoms with Crippen LogP contribution in [0.4, 0.5) is 5.69 Å². The molecule has 0 aliphatic carbocycles. The third kappa shape index (κ3) is 6.99. The summed E-state index contributed by atoms with van der Waals surface area (Å²) in [5, 5.41) is 3.96. The second kappa shape index (κ2) is 13.1. The number of amides is 1. The highest BCUT2D eigenvalue weighted by atomic mass is 16.5. The highest BCUT2D eigenvalue weighted by Crippen LogP contribution is 2.32. The number of rotatable bonds is 10. The molecule has 39 heavy (non-hydrogen) atoms. The molecule has 1 amide bonds. The summed E-state index contributed by atoms with van der Waals surface area (Å²) in [4.78, 5) is 22.5. The van der Waals surface area contributed by atoms with Crippen LogP contribution in [0.3, 0.4) is 0 Å². The molecule has 0 spiro atoms. The molecule has 8 nitrogen and oxygen atoms in total. The molecule has 0 saturated carbocycles. The Labute approximate surface area is 232 Å². The number of carbonyl (C=O) groups is 1. The molecule has 3 aromatic rings. The standard InChI is InChI=1S/C31H41N5O3/c1-33(24-27-15-21-39-32-27)31(37)13-12-26-23-34(22-25-8-4-3-5-9-25)16-14-28(26)35-17-19-36(20-18-35)29-10-6-7-11-30(29)38-2/h3-11,15,21,26,28H,12-14,16-20,22-24H2,1-2H3/t26-,28+/m1/s1. The number of aromatic nitrogens is 1. The van der Waals surface area contributed by atoms with Crippen LogP contribution < -0.4 is 9.64 Å². The Kier molecular flexibility index (Phi) is 9.16. The predicted molar refractivity (Wildman–Crippen MR) is 153 cm³/mol. The minimum absolute atomic E-state index is 0.165. The van der Waals surface area contributed by atoms with Crippen LogP contribution in [-0.4, -0.2) is 85.2 Å². The van der Waals surface area contributed by atoms with Gasteiger partial charge < -0.3 is 19.1 Å². The maximum absolute atomic E-state index is 13.0. The van der Waals surface area contributed by atoms with Gasteiger partial charge in [-0.3, -0.25) is 14.6 Å². The summed E-state index contributed by atoms with van der Waals surface area (Å²) in [6.45, 7) is 7.57. The van der Waals surface area contributed by atoms with Crippen molar-refractivity contribution in [1.82, 2.24) is 19.9 Å². The molecule has 2 atom stereocenters. The third-order valence-corrected chi connectivity index (χ3v) is 8.28. The zero-order valence-electron chi connectivity index (χ0n) is 23.2. The molecule has 2 fully saturated rings. The van der Waals surface area contributed by atoms with Gasteiger partial charge in [0, 0.05) is 64.8 Å². The molecule has 5 rings (SSSR count). The Morgan fingerprint density at radius 3 is 2.54 bits per heavy atom. The van der Waals surface area contributed by atoms with E-state index in [1.807, 2.05) is 25.2 Å². The molecule has 0 bridgehead atoms. The van der Waals surface area contributed by atoms with E-state index in [1.165, 1.54) is 11.3 Å². The first kappa shape index (κ1) is 27.2. The van der Waals surface area contributed by atoms with Crippen LogP contribution in [0, 0.1) is 5.92 Å². The molecule has 2 aliphatic rings. The van der Waals surface area contributed by atoms with Gasteiger partial charge in [-0.05, 0) is 43.0 Å². The first-order valence-electron chi connectivity index (χ1n) is 14.1. The van der Waals surface area contributed by atoms with Crippen molar-refractivity contribution in [1.29, 1.82) is 0 Å². The minimum atomic E-state index is 0.165. The predicted octanol–water partition coefficient (Wildman–Crippen LogP) is 4.13. The quantitative estimate of drug-likeness (QED) is 0.390. The Morgan fingerprint density at radius 2 is 1.79 bits per heavy atom. The molecule has 1 aromatic heterocycles. The fourth-order valence-electron chi connectivity index (χ4n) is 6.18. The number of ether oxygens (including phenoxy) is 1. The maximum Gasteiger partial charge on any atom is 0.222 e. The van der Waals surface area contributed by atoms with Crippen molar-refractivity contribution in [3.8, 4) is 5.75 Å². The van der Waals surface area contributed by atoms with Crippen LogP contribution in [0.1, 0.15) is 30.5 Å². The molecule has 3 heterocycles. The summed E-state index contributed by atoms with van der Waals surface area (Å²) in [5.74, 6) is 1.55. The van der Waals surface area contributed by atoms with Gasteiger partial charge in [0.1, 0.15) is 17.7 Å². The molecular weight excluding hydrogens is 490 g/mol. The van der Waals surface area contributed by atoms with Crippen LogP contribution in [-0.2, 0) is 17.9 Å². The molecule has 0 N–H and O–H groups in total. The fourth-order valence-corrected chi connectivity index (χ4v) is 6.18. The second-order valence-corrected chi connectivity index (χ2v) is 10.8. The minimum Gasteiger partial charge on any atom is -0.495 e. The highest BCUT2D eigenvalue weighted by molar-refractivity contribution is 5.75. The lowest BCUT2D eigenvalue weighted by Gasteiger charge is -2.47. The maximum atomic E-state index is 13.0. The summed E-state index contributed by atoms with van der Waals surface area (Å²) in [5.41, 5.74) is 3.31. The first-order chi connectivity index (χ1) is 19.1. The highest BCUT2D eigenvalue weighted by Gasteiger charge is 2.35. The summed E-state index contributed by atoms with van der Waals surface area (Å²) in [6, 6.07) is 21.3. The lowest BCUT2D eigenvalue weighted by atomic mass is 9.86. The van der Waals surface area contributed by atoms with Gasteiger partial charge in [-0.1, -0.05) is 47.6 Å². The van der Waals surface area contributed by atoms with Gasteiger partial charge in [-0.25, -0.2) is 0 Å². The van der Waals surface area contributed by atoms with Gasteiger partial charge in [0.15, 0.2) is 0 Å². The number of methoxy groups -OCH3 is 1. The molecule has 2 saturated heterocycles. The van der Waals surface area contributed by atoms with Crippen LogP contribution in [0.15, 0.2) is 71.4 Å². The zero-order chi connectivity index (χ0) is 27.0. The monoisotopic (exact) mass is 531 g/mol. The first-order valence-corrected chi connectivity index (χ1v) is 14.1. The number of piperazine rings is 1. The molecule has 2 aromatic carbocycles. The van der Waals surface area contributed by atoms with Gasteiger partial charge in [0.25, 0.3) is 0 Å². The number of benzene rings is 2. The van der Waals surface area contributed by atoms with E-state index in [-0.39, 0.29) is 5.91 Å². The number of hydrogen-bond acceptors (Lipinski definition) is 7. The van der Waals surface area contributed by atoms with Crippen molar-refractivity contribution in [2.75, 3.05) is 58.3 Å². The summed E-state index contributed by atoms with van der Waals surface area (Å²) in [7, 11) is 3.60. The van der Waals surface area contributed by atoms with Crippen LogP contribution in [0.25, 0.3) is 0 Å². The summed E-state index contributed by atoms with van der Waals surface area (Å²) < 4.78 is 10.6. The largest absolute Gasteiger partial charge is 0.495 e. The van der Waals surface area contributed by atoms with E-state index >= 15 is 0 Å². The number of para-hydroxylation sites is 2. The number of anilines is 1. The number of nitrogens with zero attached hydrogens (tertiary/aromatic N) is 5. The van der Waals surface area contributed by atoms with E-state index < -0.39 is 0 Å². The van der Waals surface area contributed by atoms with Crippen LogP contribution >= 0.6 is 0 Å². The Balaban J connectivity index is 1.22. The van der Waals surface area contributed by atoms with Gasteiger partial charge in [-0.15, -0.1) is 0 Å². The molecular formula is C31H41N5O3. The average molecular weight is 532 g/mol. The van der Waals surface area contributed by atoms with Crippen molar-refractivity contribution < 1.29 is 14.1 Å². The van der Waals surface area contributed by atoms with E-state index in [1.54, 1.807) is 18.3 Å². The summed E-state index contributed by atoms with van der Waals surface area (Å²) >= 11 is 0. The Morgan fingerprint density at radius 1 is 1.03 bits per heavy atom. The van der Waals surface area contributed by atoms with Gasteiger partial charge >= 0.3 is 0 Å². The topological polar surface area (TPSA) is 65.3 Å². The molecule has 208 valence electrons. The van der Waals surface area contributed by atoms with E-state index in [0.717, 1.165) is 70.1 Å². The number of piperidine rings is 1. The molecule has 0 radical (unpaired) electrons. The van der Waals surface area contributed by atoms with Crippen LogP contribution in [0.2, 0.25) is 0 Å². The Bertz CT molecular complexity index is 1160. The SMILES string of the molecule is COc1ccccc1N1CCN([C@H]2CCN(Cc3ccccc3)C[C@H]2CCC(=O)N(C)Cc2ccon2)CC1. The van der Waals surface area contributed by atoms with Gasteiger partial charge in [0.2, 0.25) is 5.91 Å². The van der Waals surface area contributed by atoms with Gasteiger partial charge in [0.05, 0.1) is 19.3 Å². The smallest absolute Gasteiger partial charge is 0.222 e. The lowest BCUT2D eigenvalue weighted by molar-refractivity contribution is -0.131. The normalized spacial score (nSPS) is 20.6. The van der Waals surface area contributed by atoms with Crippen molar-refractivity contribution in [3.05, 3.63) is 78.2 Å². The zero-order valence-corrected chi connectivity index (χ0v) is 23.2. The molecule has 0 unspecified atom stereocenters. The van der Waals surface area contributed by atoms with Crippen molar-refractivity contribution in [2.24, 2.45) is 5.92 Å². The van der Waals surface area contributed by atoms with E-state index in [9.17, 15) is 4.79 Å². The second-order valence-electron chi connectivity index (χ2n) is 10.8. The number of carbonyl (C=O) groups excluding carboxylic acids is 1. The average Bonchev–Trinajstić information content (AvgIpc) is 3.49. The molecule has 8 heteroatoms. The number of hydrogen-bond donors (Lipinski definition) is 0. The van der Waals surface area contributed by atoms with Crippen molar-refractivity contribution in [2.45, 2.75) is 38.4 Å². The van der Waals surface area contributed by atoms with Crippen LogP contribution in [0.5, 0.6) is 5.75 Å². The van der Waals surface area contributed by atoms with E-state index in [4.69, 9.17) is 9.26 Å². The number of likely N-dealkylation sites (tertiary alicyclic amines) is 1. The lowest BCUT2D eigenvalue weighted by Crippen LogP contribution is -2.56. The van der Waals surface area contributed by atoms with E-state index in [2.05, 4.69) is 62.3 Å². The van der Waals surface area contributed by atoms with Gasteiger partial charge in [-0.2, -0.15) is 0 Å². The molecule has 2 aliphatic heterocycles. The van der Waals surface area contributed by atoms with E-state index in [0.29, 0.717) is 24.9 Å². The summed E-state index contributed by atoms with van der Waals surface area (Å²) in [6.07, 6.45) is 4.13. The fraction of sp³-hybridized carbons (Fsp3) is 0.484. The van der Waals surface area contributed by atoms with Crippen molar-refractivity contribution in [3.63, 3.8) is 0 Å². The van der Waals surface area contributed by atoms with Crippen molar-refractivity contribution >= 4 is 11.6 Å². The Hall–Kier alpha value is -3.36. The third-order valence-electron chi connectivity index (χ3n) is 8.28.